The predicted molar refractivity (Wildman–Crippen MR) is 151 cm³/mol. The van der Waals surface area contributed by atoms with E-state index in [9.17, 15) is 10.2 Å². The van der Waals surface area contributed by atoms with Gasteiger partial charge in [-0.05, 0) is 115 Å². The molecule has 38 heavy (non-hydrogen) atoms. The lowest BCUT2D eigenvalue weighted by Gasteiger charge is -2.64. The average Bonchev–Trinajstić information content (AvgIpc) is 3.48. The second-order valence-corrected chi connectivity index (χ2v) is 14.3. The summed E-state index contributed by atoms with van der Waals surface area (Å²) in [6.07, 6.45) is 14.3. The number of oxime groups is 1. The molecule has 218 valence electrons. The van der Waals surface area contributed by atoms with Gasteiger partial charge < -0.3 is 29.6 Å². The van der Waals surface area contributed by atoms with Crippen LogP contribution in [0.1, 0.15) is 90.9 Å². The Hall–Kier alpha value is -0.730. The number of likely N-dealkylation sites (N-methyl/N-ethyl adjacent to an activating group) is 1. The Morgan fingerprint density at radius 3 is 2.50 bits per heavy atom. The highest BCUT2D eigenvalue weighted by molar-refractivity contribution is 5.63. The quantitative estimate of drug-likeness (QED) is 0.186. The SMILES string of the molecule is CN(C)CCON=CC1CC[C@@]2(O)[C@@H]3CCC4CC(O)(OCCCN5CCCC5)CC[C@]4(C)[C@@H]3CC[C@]12C. The lowest BCUT2D eigenvalue weighted by atomic mass is 9.43. The molecule has 7 nitrogen and oxygen atoms in total. The lowest BCUT2D eigenvalue weighted by molar-refractivity contribution is -0.269. The van der Waals surface area contributed by atoms with E-state index in [0.717, 1.165) is 77.3 Å². The van der Waals surface area contributed by atoms with Crippen molar-refractivity contribution in [2.45, 2.75) is 102 Å². The highest BCUT2D eigenvalue weighted by Crippen LogP contribution is 2.69. The van der Waals surface area contributed by atoms with Gasteiger partial charge in [-0.25, -0.2) is 0 Å². The van der Waals surface area contributed by atoms with Gasteiger partial charge in [0.2, 0.25) is 0 Å². The molecule has 1 heterocycles. The Kier molecular flexibility index (Phi) is 8.54. The summed E-state index contributed by atoms with van der Waals surface area (Å²) in [6, 6.07) is 0. The van der Waals surface area contributed by atoms with E-state index < -0.39 is 11.4 Å². The minimum atomic E-state index is -0.969. The lowest BCUT2D eigenvalue weighted by Crippen LogP contribution is -2.63. The molecule has 1 aliphatic heterocycles. The fraction of sp³-hybridized carbons (Fsp3) is 0.968. The van der Waals surface area contributed by atoms with Crippen molar-refractivity contribution in [2.24, 2.45) is 39.7 Å². The van der Waals surface area contributed by atoms with Crippen LogP contribution in [0, 0.1) is 34.5 Å². The number of likely N-dealkylation sites (tertiary alicyclic amines) is 1. The highest BCUT2D eigenvalue weighted by Gasteiger charge is 2.67. The van der Waals surface area contributed by atoms with Crippen molar-refractivity contribution in [3.63, 3.8) is 0 Å². The molecule has 0 aromatic heterocycles. The van der Waals surface area contributed by atoms with Crippen LogP contribution < -0.4 is 0 Å². The second kappa shape index (κ2) is 11.3. The van der Waals surface area contributed by atoms with Crippen molar-refractivity contribution in [3.05, 3.63) is 0 Å². The van der Waals surface area contributed by atoms with Crippen LogP contribution in [0.4, 0.5) is 0 Å². The number of hydrogen-bond acceptors (Lipinski definition) is 7. The smallest absolute Gasteiger partial charge is 0.165 e. The monoisotopic (exact) mass is 533 g/mol. The van der Waals surface area contributed by atoms with E-state index in [2.05, 4.69) is 28.8 Å². The third-order valence-corrected chi connectivity index (χ3v) is 12.1. The summed E-state index contributed by atoms with van der Waals surface area (Å²) < 4.78 is 6.20. The van der Waals surface area contributed by atoms with E-state index in [4.69, 9.17) is 9.57 Å². The zero-order valence-corrected chi connectivity index (χ0v) is 24.7. The van der Waals surface area contributed by atoms with Crippen LogP contribution in [-0.4, -0.2) is 91.1 Å². The molecule has 5 aliphatic rings. The summed E-state index contributed by atoms with van der Waals surface area (Å²) in [5, 5.41) is 28.1. The Bertz CT molecular complexity index is 834. The maximum atomic E-state index is 12.4. The molecule has 0 aromatic carbocycles. The Morgan fingerprint density at radius 1 is 0.947 bits per heavy atom. The molecule has 0 amide bonds. The largest absolute Gasteiger partial charge is 0.395 e. The molecule has 4 saturated carbocycles. The van der Waals surface area contributed by atoms with Crippen LogP contribution in [-0.2, 0) is 9.57 Å². The van der Waals surface area contributed by atoms with Gasteiger partial charge in [0, 0.05) is 43.5 Å². The number of ether oxygens (including phenoxy) is 1. The van der Waals surface area contributed by atoms with E-state index in [1.807, 2.05) is 20.3 Å². The maximum absolute atomic E-state index is 12.4. The van der Waals surface area contributed by atoms with Crippen molar-refractivity contribution in [2.75, 3.05) is 53.5 Å². The molecule has 3 unspecified atom stereocenters. The van der Waals surface area contributed by atoms with Crippen molar-refractivity contribution in [1.82, 2.24) is 9.80 Å². The van der Waals surface area contributed by atoms with Gasteiger partial charge in [0.1, 0.15) is 6.61 Å². The van der Waals surface area contributed by atoms with Crippen LogP contribution >= 0.6 is 0 Å². The summed E-state index contributed by atoms with van der Waals surface area (Å²) in [4.78, 5) is 10.2. The summed E-state index contributed by atoms with van der Waals surface area (Å²) in [6.45, 7) is 10.4. The molecule has 0 bridgehead atoms. The fourth-order valence-corrected chi connectivity index (χ4v) is 9.54. The fourth-order valence-electron chi connectivity index (χ4n) is 9.54. The molecule has 8 atom stereocenters. The maximum Gasteiger partial charge on any atom is 0.165 e. The molecule has 1 saturated heterocycles. The number of aliphatic hydroxyl groups is 2. The zero-order valence-electron chi connectivity index (χ0n) is 24.7. The minimum Gasteiger partial charge on any atom is -0.395 e. The molecular formula is C31H55N3O4. The van der Waals surface area contributed by atoms with E-state index >= 15 is 0 Å². The standard InChI is InChI=1S/C31H55N3O4/c1-28-14-15-30(35,37-20-7-18-34-16-5-6-17-34)22-24(28)8-9-27-26(28)11-12-29(2)25(10-13-31(27,29)36)23-32-38-21-19-33(3)4/h23-27,35-36H,5-22H2,1-4H3/t24?,25?,26-,27-,28+,29-,30?,31-/m1/s1. The first-order chi connectivity index (χ1) is 18.1. The van der Waals surface area contributed by atoms with E-state index in [0.29, 0.717) is 31.0 Å². The van der Waals surface area contributed by atoms with E-state index in [-0.39, 0.29) is 16.7 Å². The van der Waals surface area contributed by atoms with Crippen molar-refractivity contribution >= 4 is 6.21 Å². The summed E-state index contributed by atoms with van der Waals surface area (Å²) in [7, 11) is 4.07. The Labute approximate surface area is 231 Å². The normalized spacial score (nSPS) is 45.3. The van der Waals surface area contributed by atoms with Crippen LogP contribution in [0.15, 0.2) is 5.16 Å². The van der Waals surface area contributed by atoms with Crippen LogP contribution in [0.5, 0.6) is 0 Å². The molecule has 0 spiro atoms. The average molecular weight is 534 g/mol. The number of rotatable bonds is 10. The van der Waals surface area contributed by atoms with Crippen LogP contribution in [0.3, 0.4) is 0 Å². The third kappa shape index (κ3) is 5.32. The minimum absolute atomic E-state index is 0.139. The summed E-state index contributed by atoms with van der Waals surface area (Å²) in [5.74, 6) is 0.625. The molecule has 5 fully saturated rings. The molecule has 5 rings (SSSR count). The number of hydrogen-bond donors (Lipinski definition) is 2. The van der Waals surface area contributed by atoms with Gasteiger partial charge in [0.25, 0.3) is 0 Å². The first kappa shape index (κ1) is 28.8. The topological polar surface area (TPSA) is 77.8 Å². The molecule has 0 aromatic rings. The second-order valence-electron chi connectivity index (χ2n) is 14.3. The highest BCUT2D eigenvalue weighted by atomic mass is 16.6. The molecule has 4 aliphatic carbocycles. The molecule has 7 heteroatoms. The molecule has 0 radical (unpaired) electrons. The number of fused-ring (bicyclic) bond motifs is 5. The first-order valence-corrected chi connectivity index (χ1v) is 15.7. The van der Waals surface area contributed by atoms with Gasteiger partial charge in [-0.3, -0.25) is 0 Å². The van der Waals surface area contributed by atoms with Gasteiger partial charge in [-0.2, -0.15) is 0 Å². The van der Waals surface area contributed by atoms with Gasteiger partial charge in [-0.1, -0.05) is 19.0 Å². The summed E-state index contributed by atoms with van der Waals surface area (Å²) >= 11 is 0. The third-order valence-electron chi connectivity index (χ3n) is 12.1. The van der Waals surface area contributed by atoms with Crippen molar-refractivity contribution in [3.8, 4) is 0 Å². The Morgan fingerprint density at radius 2 is 1.74 bits per heavy atom. The van der Waals surface area contributed by atoms with Gasteiger partial charge >= 0.3 is 0 Å². The van der Waals surface area contributed by atoms with Crippen LogP contribution in [0.2, 0.25) is 0 Å². The predicted octanol–water partition coefficient (Wildman–Crippen LogP) is 4.52. The van der Waals surface area contributed by atoms with E-state index in [1.54, 1.807) is 0 Å². The van der Waals surface area contributed by atoms with Crippen molar-refractivity contribution < 1.29 is 19.8 Å². The Balaban J connectivity index is 1.19. The first-order valence-electron chi connectivity index (χ1n) is 15.7. The summed E-state index contributed by atoms with van der Waals surface area (Å²) in [5.41, 5.74) is -0.601. The number of nitrogens with zero attached hydrogens (tertiary/aromatic N) is 3. The van der Waals surface area contributed by atoms with Crippen LogP contribution in [0.25, 0.3) is 0 Å². The van der Waals surface area contributed by atoms with Gasteiger partial charge in [0.15, 0.2) is 5.79 Å². The molecule has 2 N–H and O–H groups in total. The zero-order chi connectivity index (χ0) is 27.0. The van der Waals surface area contributed by atoms with Gasteiger partial charge in [0.05, 0.1) is 12.2 Å². The van der Waals surface area contributed by atoms with Crippen molar-refractivity contribution in [1.29, 1.82) is 0 Å². The molecular weight excluding hydrogens is 478 g/mol. The van der Waals surface area contributed by atoms with E-state index in [1.165, 1.54) is 25.9 Å². The van der Waals surface area contributed by atoms with Gasteiger partial charge in [-0.15, -0.1) is 0 Å².